The summed E-state index contributed by atoms with van der Waals surface area (Å²) in [5, 5.41) is 9.58. The summed E-state index contributed by atoms with van der Waals surface area (Å²) in [5.74, 6) is 2.20. The van der Waals surface area contributed by atoms with E-state index in [0.29, 0.717) is 17.8 Å². The smallest absolute Gasteiger partial charge is 0.233 e. The lowest BCUT2D eigenvalue weighted by atomic mass is 9.98. The third-order valence-electron chi connectivity index (χ3n) is 5.34. The molecule has 0 radical (unpaired) electrons. The second-order valence-electron chi connectivity index (χ2n) is 7.72. The van der Waals surface area contributed by atoms with E-state index >= 15 is 0 Å². The molecule has 2 aromatic rings. The minimum atomic E-state index is 0.189. The van der Waals surface area contributed by atoms with Crippen molar-refractivity contribution >= 4 is 17.7 Å². The third kappa shape index (κ3) is 4.35. The van der Waals surface area contributed by atoms with E-state index in [9.17, 15) is 4.79 Å². The molecule has 0 N–H and O–H groups in total. The van der Waals surface area contributed by atoms with Crippen LogP contribution in [-0.4, -0.2) is 50.5 Å². The second-order valence-corrected chi connectivity index (χ2v) is 8.66. The van der Waals surface area contributed by atoms with Crippen molar-refractivity contribution in [3.8, 4) is 17.1 Å². The molecule has 2 atom stereocenters. The summed E-state index contributed by atoms with van der Waals surface area (Å²) < 4.78 is 7.34. The maximum absolute atomic E-state index is 12.9. The summed E-state index contributed by atoms with van der Waals surface area (Å²) in [7, 11) is 1.65. The maximum Gasteiger partial charge on any atom is 0.233 e. The molecule has 1 fully saturated rings. The number of hydrogen-bond acceptors (Lipinski definition) is 5. The molecule has 6 nitrogen and oxygen atoms in total. The molecule has 7 heteroatoms. The third-order valence-corrected chi connectivity index (χ3v) is 6.26. The summed E-state index contributed by atoms with van der Waals surface area (Å²) >= 11 is 1.48. The molecule has 28 heavy (non-hydrogen) atoms. The molecule has 0 aliphatic carbocycles. The van der Waals surface area contributed by atoms with Gasteiger partial charge in [-0.05, 0) is 71.2 Å². The number of carbonyl (C=O) groups is 1. The van der Waals surface area contributed by atoms with Gasteiger partial charge < -0.3 is 9.64 Å². The van der Waals surface area contributed by atoms with Crippen LogP contribution in [0.25, 0.3) is 11.4 Å². The number of amides is 1. The zero-order valence-corrected chi connectivity index (χ0v) is 18.2. The zero-order valence-electron chi connectivity index (χ0n) is 17.4. The first-order valence-electron chi connectivity index (χ1n) is 9.95. The highest BCUT2D eigenvalue weighted by Crippen LogP contribution is 2.30. The van der Waals surface area contributed by atoms with Gasteiger partial charge in [0.15, 0.2) is 11.0 Å². The highest BCUT2D eigenvalue weighted by molar-refractivity contribution is 7.99. The predicted molar refractivity (Wildman–Crippen MR) is 113 cm³/mol. The van der Waals surface area contributed by atoms with Crippen molar-refractivity contribution in [3.63, 3.8) is 0 Å². The van der Waals surface area contributed by atoms with Crippen molar-refractivity contribution in [2.75, 3.05) is 12.9 Å². The Kier molecular flexibility index (Phi) is 6.65. The monoisotopic (exact) mass is 402 g/mol. The van der Waals surface area contributed by atoms with Crippen LogP contribution in [0.5, 0.6) is 5.75 Å². The number of hydrogen-bond donors (Lipinski definition) is 0. The van der Waals surface area contributed by atoms with E-state index in [1.807, 2.05) is 24.3 Å². The fourth-order valence-electron chi connectivity index (χ4n) is 3.89. The maximum atomic E-state index is 12.9. The minimum absolute atomic E-state index is 0.189. The largest absolute Gasteiger partial charge is 0.497 e. The number of methoxy groups -OCH3 is 1. The summed E-state index contributed by atoms with van der Waals surface area (Å²) in [6.45, 7) is 8.52. The average molecular weight is 403 g/mol. The quantitative estimate of drug-likeness (QED) is 0.670. The van der Waals surface area contributed by atoms with Crippen LogP contribution in [-0.2, 0) is 4.79 Å². The highest BCUT2D eigenvalue weighted by Gasteiger charge is 2.29. The number of ether oxygens (including phenoxy) is 1. The van der Waals surface area contributed by atoms with E-state index in [2.05, 4.69) is 47.4 Å². The average Bonchev–Trinajstić information content (AvgIpc) is 3.10. The molecule has 1 aromatic carbocycles. The minimum Gasteiger partial charge on any atom is -0.497 e. The molecule has 0 saturated carbocycles. The number of aromatic nitrogens is 3. The van der Waals surface area contributed by atoms with Crippen LogP contribution in [0.15, 0.2) is 29.4 Å². The summed E-state index contributed by atoms with van der Waals surface area (Å²) in [6, 6.07) is 8.63. The fourth-order valence-corrected chi connectivity index (χ4v) is 4.83. The number of thioether (sulfide) groups is 1. The Morgan fingerprint density at radius 2 is 1.82 bits per heavy atom. The van der Waals surface area contributed by atoms with Gasteiger partial charge >= 0.3 is 0 Å². The van der Waals surface area contributed by atoms with Gasteiger partial charge in [-0.3, -0.25) is 9.36 Å². The second kappa shape index (κ2) is 8.99. The van der Waals surface area contributed by atoms with Crippen LogP contribution in [0, 0.1) is 0 Å². The lowest BCUT2D eigenvalue weighted by molar-refractivity contribution is -0.134. The van der Waals surface area contributed by atoms with Gasteiger partial charge in [-0.25, -0.2) is 0 Å². The first-order valence-corrected chi connectivity index (χ1v) is 10.9. The Labute approximate surface area is 171 Å². The SMILES string of the molecule is COc1ccc(-c2nnc(SCC(=O)N3[C@H](C)CCC[C@@H]3C)n2C(C)C)cc1. The number of carbonyl (C=O) groups excluding carboxylic acids is 1. The molecule has 0 unspecified atom stereocenters. The van der Waals surface area contributed by atoms with Gasteiger partial charge in [-0.15, -0.1) is 10.2 Å². The molecular weight excluding hydrogens is 372 g/mol. The van der Waals surface area contributed by atoms with E-state index < -0.39 is 0 Å². The molecule has 0 bridgehead atoms. The number of nitrogens with zero attached hydrogens (tertiary/aromatic N) is 4. The Balaban J connectivity index is 1.77. The fraction of sp³-hybridized carbons (Fsp3) is 0.571. The lowest BCUT2D eigenvalue weighted by Gasteiger charge is -2.39. The Hall–Kier alpha value is -2.02. The van der Waals surface area contributed by atoms with Gasteiger partial charge in [0.05, 0.1) is 12.9 Å². The van der Waals surface area contributed by atoms with Gasteiger partial charge in [0.2, 0.25) is 5.91 Å². The highest BCUT2D eigenvalue weighted by atomic mass is 32.2. The first kappa shape index (κ1) is 20.7. The van der Waals surface area contributed by atoms with Crippen LogP contribution in [0.1, 0.15) is 53.0 Å². The van der Waals surface area contributed by atoms with Crippen molar-refractivity contribution in [1.29, 1.82) is 0 Å². The van der Waals surface area contributed by atoms with Gasteiger partial charge in [-0.1, -0.05) is 11.8 Å². The summed E-state index contributed by atoms with van der Waals surface area (Å²) in [5.41, 5.74) is 0.985. The van der Waals surface area contributed by atoms with Crippen LogP contribution in [0.2, 0.25) is 0 Å². The molecule has 1 aliphatic heterocycles. The van der Waals surface area contributed by atoms with Crippen LogP contribution < -0.4 is 4.74 Å². The van der Waals surface area contributed by atoms with Crippen molar-refractivity contribution in [2.24, 2.45) is 0 Å². The van der Waals surface area contributed by atoms with Crippen LogP contribution >= 0.6 is 11.8 Å². The van der Waals surface area contributed by atoms with Crippen molar-refractivity contribution in [1.82, 2.24) is 19.7 Å². The predicted octanol–water partition coefficient (Wildman–Crippen LogP) is 4.42. The van der Waals surface area contributed by atoms with E-state index in [-0.39, 0.29) is 11.9 Å². The van der Waals surface area contributed by atoms with E-state index in [0.717, 1.165) is 35.1 Å². The zero-order chi connectivity index (χ0) is 20.3. The molecule has 1 saturated heterocycles. The normalized spacial score (nSPS) is 19.9. The Morgan fingerprint density at radius 3 is 2.39 bits per heavy atom. The Morgan fingerprint density at radius 1 is 1.18 bits per heavy atom. The summed E-state index contributed by atoms with van der Waals surface area (Å²) in [4.78, 5) is 14.9. The molecule has 1 aliphatic rings. The Bertz CT molecular complexity index is 793. The number of benzene rings is 1. The molecule has 2 heterocycles. The van der Waals surface area contributed by atoms with Crippen molar-refractivity contribution in [3.05, 3.63) is 24.3 Å². The van der Waals surface area contributed by atoms with E-state index in [1.165, 1.54) is 18.2 Å². The van der Waals surface area contributed by atoms with Crippen molar-refractivity contribution in [2.45, 2.75) is 70.2 Å². The van der Waals surface area contributed by atoms with Gasteiger partial charge in [0.25, 0.3) is 0 Å². The van der Waals surface area contributed by atoms with Gasteiger partial charge in [-0.2, -0.15) is 0 Å². The topological polar surface area (TPSA) is 60.3 Å². The van der Waals surface area contributed by atoms with Crippen LogP contribution in [0.3, 0.4) is 0 Å². The summed E-state index contributed by atoms with van der Waals surface area (Å²) in [6.07, 6.45) is 3.38. The van der Waals surface area contributed by atoms with E-state index in [1.54, 1.807) is 7.11 Å². The first-order chi connectivity index (χ1) is 13.4. The molecule has 1 amide bonds. The molecule has 3 rings (SSSR count). The lowest BCUT2D eigenvalue weighted by Crippen LogP contribution is -2.48. The number of rotatable bonds is 6. The molecule has 152 valence electrons. The molecular formula is C21H30N4O2S. The number of likely N-dealkylation sites (tertiary alicyclic amines) is 1. The molecule has 1 aromatic heterocycles. The number of piperidine rings is 1. The van der Waals surface area contributed by atoms with Gasteiger partial charge in [0.1, 0.15) is 5.75 Å². The van der Waals surface area contributed by atoms with Crippen molar-refractivity contribution < 1.29 is 9.53 Å². The van der Waals surface area contributed by atoms with Crippen LogP contribution in [0.4, 0.5) is 0 Å². The standard InChI is InChI=1S/C21H30N4O2S/c1-14(2)24-20(17-9-11-18(27-5)12-10-17)22-23-21(24)28-13-19(26)25-15(3)7-6-8-16(25)4/h9-12,14-16H,6-8,13H2,1-5H3/t15-,16+. The van der Waals surface area contributed by atoms with E-state index in [4.69, 9.17) is 4.74 Å². The van der Waals surface area contributed by atoms with Gasteiger partial charge in [0, 0.05) is 23.7 Å². The molecule has 0 spiro atoms.